The van der Waals surface area contributed by atoms with Crippen LogP contribution in [0.3, 0.4) is 0 Å². The lowest BCUT2D eigenvalue weighted by Gasteiger charge is -2.03. The molecule has 0 radical (unpaired) electrons. The Balaban J connectivity index is 3.49. The number of nitrogens with one attached hydrogen (secondary N) is 1. The van der Waals surface area contributed by atoms with E-state index in [1.54, 1.807) is 0 Å². The zero-order chi connectivity index (χ0) is 11.2. The second-order valence-electron chi connectivity index (χ2n) is 2.51. The molecule has 0 unspecified atom stereocenters. The van der Waals surface area contributed by atoms with Gasteiger partial charge in [-0.3, -0.25) is 4.57 Å². The van der Waals surface area contributed by atoms with Crippen molar-refractivity contribution in [2.45, 2.75) is 6.42 Å². The molecule has 84 valence electrons. The lowest BCUT2D eigenvalue weighted by Crippen LogP contribution is -2.10. The molecule has 0 saturated carbocycles. The van der Waals surface area contributed by atoms with E-state index in [1.807, 2.05) is 0 Å². The molecule has 0 saturated heterocycles. The highest BCUT2D eigenvalue weighted by atomic mass is 31.2. The van der Waals surface area contributed by atoms with Gasteiger partial charge in [0.05, 0.1) is 0 Å². The van der Waals surface area contributed by atoms with Gasteiger partial charge < -0.3 is 15.2 Å². The average Bonchev–Trinajstić information content (AvgIpc) is 1.92. The first-order valence-corrected chi connectivity index (χ1v) is 7.11. The Morgan fingerprint density at radius 3 is 2.36 bits per heavy atom. The molecule has 0 heterocycles. The standard InChI is InChI=1S/C4H12N2O6P2/c7-13(8,9)3-1-2-5-6-4-14(10,11)12/h4-5,7-9H,1-3H2,(H-,10,11,12)/p+1. The van der Waals surface area contributed by atoms with Crippen LogP contribution in [0.4, 0.5) is 0 Å². The van der Waals surface area contributed by atoms with Crippen LogP contribution in [0.5, 0.6) is 0 Å². The van der Waals surface area contributed by atoms with E-state index in [9.17, 15) is 4.57 Å². The Bertz CT molecular complexity index is 232. The van der Waals surface area contributed by atoms with Gasteiger partial charge in [0.1, 0.15) is 12.1 Å². The predicted octanol–water partition coefficient (Wildman–Crippen LogP) is -1.17. The van der Waals surface area contributed by atoms with Crippen LogP contribution < -0.4 is 5.43 Å². The van der Waals surface area contributed by atoms with Crippen molar-refractivity contribution in [1.29, 1.82) is 0 Å². The molecule has 10 heteroatoms. The first-order valence-electron chi connectivity index (χ1n) is 3.59. The van der Waals surface area contributed by atoms with Crippen LogP contribution >= 0.6 is 15.5 Å². The molecule has 0 atom stereocenters. The Hall–Kier alpha value is -0.0700. The fraction of sp³-hybridized carbons (Fsp3) is 0.750. The molecule has 0 aliphatic carbocycles. The van der Waals surface area contributed by atoms with E-state index in [2.05, 4.69) is 10.5 Å². The first kappa shape index (κ1) is 13.9. The lowest BCUT2D eigenvalue weighted by atomic mass is 10.5. The third-order valence-electron chi connectivity index (χ3n) is 1.05. The van der Waals surface area contributed by atoms with Crippen LogP contribution in [0.25, 0.3) is 0 Å². The van der Waals surface area contributed by atoms with Crippen LogP contribution in [0, 0.1) is 0 Å². The van der Waals surface area contributed by atoms with E-state index in [1.165, 1.54) is 0 Å². The van der Waals surface area contributed by atoms with Gasteiger partial charge >= 0.3 is 15.5 Å². The lowest BCUT2D eigenvalue weighted by molar-refractivity contribution is 0.329. The Labute approximate surface area is 81.0 Å². The summed E-state index contributed by atoms with van der Waals surface area (Å²) in [5.41, 5.74) is 2.28. The highest BCUT2D eigenvalue weighted by molar-refractivity contribution is 7.67. The van der Waals surface area contributed by atoms with Crippen molar-refractivity contribution in [3.8, 4) is 0 Å². The summed E-state index contributed by atoms with van der Waals surface area (Å²) in [5.74, 6) is 0.451. The molecule has 0 aromatic rings. The number of hydrogen-bond acceptors (Lipinski definition) is 6. The maximum absolute atomic E-state index is 10.2. The van der Waals surface area contributed by atoms with Crippen LogP contribution in [-0.4, -0.2) is 43.1 Å². The second kappa shape index (κ2) is 5.72. The van der Waals surface area contributed by atoms with E-state index in [0.717, 1.165) is 0 Å². The summed E-state index contributed by atoms with van der Waals surface area (Å²) < 4.78 is 10.2. The topological polar surface area (TPSA) is 143 Å². The summed E-state index contributed by atoms with van der Waals surface area (Å²) in [5, 5.41) is 3.19. The smallest absolute Gasteiger partial charge is 0.320 e. The van der Waals surface area contributed by atoms with Crippen molar-refractivity contribution in [3.05, 3.63) is 0 Å². The van der Waals surface area contributed by atoms with Crippen molar-refractivity contribution < 1.29 is 29.0 Å². The van der Waals surface area contributed by atoms with E-state index in [0.29, 0.717) is 5.96 Å². The van der Waals surface area contributed by atoms with Crippen molar-refractivity contribution in [2.24, 2.45) is 5.10 Å². The molecule has 0 aliphatic rings. The normalized spacial score (nSPS) is 13.5. The molecular weight excluding hydrogens is 234 g/mol. The maximum atomic E-state index is 10.2. The summed E-state index contributed by atoms with van der Waals surface area (Å²) in [4.78, 5) is 42.2. The van der Waals surface area contributed by atoms with Crippen LogP contribution in [0.2, 0.25) is 0 Å². The predicted molar refractivity (Wildman–Crippen MR) is 51.6 cm³/mol. The van der Waals surface area contributed by atoms with E-state index < -0.39 is 15.5 Å². The molecule has 0 fully saturated rings. The van der Waals surface area contributed by atoms with Gasteiger partial charge in [-0.05, 0) is 0 Å². The maximum Gasteiger partial charge on any atom is 0.403 e. The highest BCUT2D eigenvalue weighted by Crippen LogP contribution is 2.44. The summed E-state index contributed by atoms with van der Waals surface area (Å²) in [6, 6.07) is 0. The third kappa shape index (κ3) is 11.9. The van der Waals surface area contributed by atoms with E-state index in [-0.39, 0.29) is 19.1 Å². The summed E-state index contributed by atoms with van der Waals surface area (Å²) in [6.45, 7) is 0.180. The Kier molecular flexibility index (Phi) is 5.70. The average molecular weight is 247 g/mol. The first-order chi connectivity index (χ1) is 6.21. The van der Waals surface area contributed by atoms with E-state index >= 15 is 0 Å². The van der Waals surface area contributed by atoms with Crippen molar-refractivity contribution >= 4 is 21.5 Å². The largest absolute Gasteiger partial charge is 0.403 e. The molecule has 8 nitrogen and oxygen atoms in total. The molecule has 0 rings (SSSR count). The van der Waals surface area contributed by atoms with Gasteiger partial charge in [0, 0.05) is 13.0 Å². The number of nitrogens with zero attached hydrogens (tertiary/aromatic N) is 1. The molecule has 0 aromatic heterocycles. The third-order valence-corrected chi connectivity index (χ3v) is 2.38. The minimum atomic E-state index is -4.24. The van der Waals surface area contributed by atoms with Crippen LogP contribution in [0.15, 0.2) is 5.10 Å². The zero-order valence-corrected chi connectivity index (χ0v) is 8.97. The quantitative estimate of drug-likeness (QED) is 0.150. The van der Waals surface area contributed by atoms with Crippen LogP contribution in [0.1, 0.15) is 6.42 Å². The fourth-order valence-corrected chi connectivity index (χ4v) is 1.37. The summed E-state index contributed by atoms with van der Waals surface area (Å²) in [7, 11) is -7.98. The van der Waals surface area contributed by atoms with E-state index in [4.69, 9.17) is 24.5 Å². The number of hydrazone groups is 1. The SMILES string of the molecule is O=P(O)(O)C=NNCCC[P+](O)(O)O. The fourth-order valence-electron chi connectivity index (χ4n) is 0.551. The number of hydrogen-bond donors (Lipinski definition) is 6. The van der Waals surface area contributed by atoms with Gasteiger partial charge in [0.25, 0.3) is 0 Å². The summed E-state index contributed by atoms with van der Waals surface area (Å²) in [6.07, 6.45) is 0.0568. The molecule has 0 amide bonds. The Morgan fingerprint density at radius 1 is 1.36 bits per heavy atom. The van der Waals surface area contributed by atoms with Gasteiger partial charge in [0.2, 0.25) is 0 Å². The van der Waals surface area contributed by atoms with Gasteiger partial charge in [-0.2, -0.15) is 19.8 Å². The minimum Gasteiger partial charge on any atom is -0.320 e. The molecular formula is C4H13N2O6P2+. The molecule has 6 N–H and O–H groups in total. The number of rotatable bonds is 6. The van der Waals surface area contributed by atoms with Gasteiger partial charge in [-0.1, -0.05) is 0 Å². The summed E-state index contributed by atoms with van der Waals surface area (Å²) >= 11 is 0. The van der Waals surface area contributed by atoms with Gasteiger partial charge in [-0.15, -0.1) is 0 Å². The Morgan fingerprint density at radius 2 is 1.93 bits per heavy atom. The van der Waals surface area contributed by atoms with Gasteiger partial charge in [-0.25, -0.2) is 0 Å². The minimum absolute atomic E-state index is 0.175. The van der Waals surface area contributed by atoms with Crippen molar-refractivity contribution in [3.63, 3.8) is 0 Å². The zero-order valence-electron chi connectivity index (χ0n) is 7.18. The molecule has 14 heavy (non-hydrogen) atoms. The van der Waals surface area contributed by atoms with Crippen LogP contribution in [-0.2, 0) is 4.57 Å². The molecule has 0 aromatic carbocycles. The second-order valence-corrected chi connectivity index (χ2v) is 5.75. The monoisotopic (exact) mass is 247 g/mol. The van der Waals surface area contributed by atoms with Crippen molar-refractivity contribution in [2.75, 3.05) is 12.7 Å². The highest BCUT2D eigenvalue weighted by Gasteiger charge is 2.27. The molecule has 0 spiro atoms. The van der Waals surface area contributed by atoms with Crippen molar-refractivity contribution in [1.82, 2.24) is 5.43 Å². The van der Waals surface area contributed by atoms with Gasteiger partial charge in [0.15, 0.2) is 0 Å². The molecule has 0 aliphatic heterocycles. The molecule has 0 bridgehead atoms.